The summed E-state index contributed by atoms with van der Waals surface area (Å²) >= 11 is 0. The number of nitrogens with zero attached hydrogens (tertiary/aromatic N) is 5. The molecule has 0 saturated heterocycles. The third kappa shape index (κ3) is 7.77. The minimum Gasteiger partial charge on any atom is -0.484 e. The lowest BCUT2D eigenvalue weighted by molar-refractivity contribution is 0.0768. The molecule has 1 aliphatic heterocycles. The SMILES string of the molecule is Cc1cccc(C)c1-c1cc2nc(n1)NS(=O)(=O)c1cccc(c1)C(=O)CN(Cc1ncc(OC3(C)CC3)cn1)[C@H](CC(C)C)CO2. The molecule has 246 valence electrons. The van der Waals surface area contributed by atoms with E-state index in [9.17, 15) is 13.2 Å². The molecule has 3 heterocycles. The fraction of sp³-hybridized carbons (Fsp3) is 0.400. The molecule has 0 unspecified atom stereocenters. The molecule has 0 radical (unpaired) electrons. The van der Waals surface area contributed by atoms with Gasteiger partial charge in [-0.15, -0.1) is 0 Å². The maximum Gasteiger partial charge on any atom is 0.264 e. The van der Waals surface area contributed by atoms with Gasteiger partial charge in [0.25, 0.3) is 10.0 Å². The molecule has 4 bridgehead atoms. The average molecular weight is 657 g/mol. The van der Waals surface area contributed by atoms with Gasteiger partial charge in [-0.25, -0.2) is 28.1 Å². The van der Waals surface area contributed by atoms with Crippen LogP contribution in [-0.4, -0.2) is 63.8 Å². The second-order valence-corrected chi connectivity index (χ2v) is 14.8. The Morgan fingerprint density at radius 2 is 1.74 bits per heavy atom. The van der Waals surface area contributed by atoms with Crippen molar-refractivity contribution < 1.29 is 22.7 Å². The van der Waals surface area contributed by atoms with Crippen molar-refractivity contribution in [3.63, 3.8) is 0 Å². The minimum atomic E-state index is -4.14. The van der Waals surface area contributed by atoms with Gasteiger partial charge in [-0.05, 0) is 69.2 Å². The highest BCUT2D eigenvalue weighted by Gasteiger charge is 2.40. The average Bonchev–Trinajstić information content (AvgIpc) is 3.75. The van der Waals surface area contributed by atoms with Gasteiger partial charge in [0.05, 0.1) is 36.1 Å². The molecule has 1 N–H and O–H groups in total. The lowest BCUT2D eigenvalue weighted by atomic mass is 10.00. The summed E-state index contributed by atoms with van der Waals surface area (Å²) in [6.07, 6.45) is 6.05. The first-order valence-corrected chi connectivity index (χ1v) is 17.3. The molecule has 47 heavy (non-hydrogen) atoms. The Kier molecular flexibility index (Phi) is 8.99. The van der Waals surface area contributed by atoms with E-state index in [0.717, 1.165) is 29.5 Å². The topological polar surface area (TPSA) is 136 Å². The van der Waals surface area contributed by atoms with Crippen molar-refractivity contribution in [1.29, 1.82) is 0 Å². The molecule has 1 fully saturated rings. The minimum absolute atomic E-state index is 0.0000370. The van der Waals surface area contributed by atoms with E-state index in [1.54, 1.807) is 30.6 Å². The molecule has 11 nitrogen and oxygen atoms in total. The molecule has 4 aromatic rings. The predicted molar refractivity (Wildman–Crippen MR) is 178 cm³/mol. The van der Waals surface area contributed by atoms with Crippen molar-refractivity contribution in [1.82, 2.24) is 24.8 Å². The fourth-order valence-corrected chi connectivity index (χ4v) is 6.76. The number of aryl methyl sites for hydroxylation is 2. The zero-order valence-corrected chi connectivity index (χ0v) is 28.2. The molecule has 2 aliphatic rings. The van der Waals surface area contributed by atoms with Crippen LogP contribution in [-0.2, 0) is 16.6 Å². The van der Waals surface area contributed by atoms with E-state index in [4.69, 9.17) is 9.47 Å². The molecule has 12 heteroatoms. The third-order valence-electron chi connectivity index (χ3n) is 8.51. The molecule has 1 atom stereocenters. The number of Topliss-reactive ketones (excluding diaryl/α,β-unsaturated/α-hetero) is 1. The van der Waals surface area contributed by atoms with E-state index in [2.05, 4.69) is 45.4 Å². The van der Waals surface area contributed by atoms with Crippen LogP contribution in [0.5, 0.6) is 11.6 Å². The van der Waals surface area contributed by atoms with Crippen LogP contribution in [0.15, 0.2) is 65.8 Å². The number of anilines is 1. The summed E-state index contributed by atoms with van der Waals surface area (Å²) in [5.41, 5.74) is 3.49. The van der Waals surface area contributed by atoms with Gasteiger partial charge in [0.1, 0.15) is 18.0 Å². The Bertz CT molecular complexity index is 1870. The van der Waals surface area contributed by atoms with Crippen molar-refractivity contribution in [2.75, 3.05) is 17.9 Å². The van der Waals surface area contributed by atoms with E-state index >= 15 is 0 Å². The van der Waals surface area contributed by atoms with Gasteiger partial charge in [-0.2, -0.15) is 4.98 Å². The van der Waals surface area contributed by atoms with Crippen LogP contribution in [0, 0.1) is 19.8 Å². The highest BCUT2D eigenvalue weighted by atomic mass is 32.2. The monoisotopic (exact) mass is 656 g/mol. The predicted octanol–water partition coefficient (Wildman–Crippen LogP) is 5.77. The van der Waals surface area contributed by atoms with Gasteiger partial charge in [-0.3, -0.25) is 9.69 Å². The number of ketones is 1. The number of carbonyl (C=O) groups excluding carboxylic acids is 1. The van der Waals surface area contributed by atoms with E-state index in [1.165, 1.54) is 12.1 Å². The largest absolute Gasteiger partial charge is 0.484 e. The summed E-state index contributed by atoms with van der Waals surface area (Å²) < 4.78 is 42.0. The number of hydrogen-bond donors (Lipinski definition) is 1. The number of sulfonamides is 1. The Hall–Kier alpha value is -4.42. The molecular formula is C35H40N6O5S. The van der Waals surface area contributed by atoms with E-state index in [1.807, 2.05) is 36.9 Å². The molecule has 6 rings (SSSR count). The zero-order valence-electron chi connectivity index (χ0n) is 27.4. The number of benzene rings is 2. The molecule has 0 amide bonds. The number of hydrogen-bond acceptors (Lipinski definition) is 10. The first-order valence-electron chi connectivity index (χ1n) is 15.9. The molecule has 1 aliphatic carbocycles. The third-order valence-corrected chi connectivity index (χ3v) is 9.83. The lowest BCUT2D eigenvalue weighted by Crippen LogP contribution is -2.43. The molecule has 2 aromatic heterocycles. The van der Waals surface area contributed by atoms with Gasteiger partial charge >= 0.3 is 0 Å². The second-order valence-electron chi connectivity index (χ2n) is 13.1. The van der Waals surface area contributed by atoms with Gasteiger partial charge < -0.3 is 9.47 Å². The number of carbonyl (C=O) groups is 1. The van der Waals surface area contributed by atoms with E-state index in [0.29, 0.717) is 23.7 Å². The highest BCUT2D eigenvalue weighted by Crippen LogP contribution is 2.39. The summed E-state index contributed by atoms with van der Waals surface area (Å²) in [6.45, 7) is 10.7. The summed E-state index contributed by atoms with van der Waals surface area (Å²) in [5, 5.41) is 0. The molecule has 0 spiro atoms. The summed E-state index contributed by atoms with van der Waals surface area (Å²) in [5.74, 6) is 1.27. The van der Waals surface area contributed by atoms with Crippen molar-refractivity contribution in [2.24, 2.45) is 5.92 Å². The lowest BCUT2D eigenvalue weighted by Gasteiger charge is -2.32. The number of rotatable bonds is 7. The van der Waals surface area contributed by atoms with Crippen molar-refractivity contribution in [2.45, 2.75) is 77.0 Å². The van der Waals surface area contributed by atoms with Gasteiger partial charge in [0.15, 0.2) is 11.5 Å². The van der Waals surface area contributed by atoms with Crippen molar-refractivity contribution in [3.8, 4) is 22.9 Å². The molecular weight excluding hydrogens is 616 g/mol. The van der Waals surface area contributed by atoms with Crippen LogP contribution < -0.4 is 14.2 Å². The van der Waals surface area contributed by atoms with Crippen LogP contribution >= 0.6 is 0 Å². The van der Waals surface area contributed by atoms with Crippen molar-refractivity contribution >= 4 is 21.8 Å². The van der Waals surface area contributed by atoms with Crippen LogP contribution in [0.3, 0.4) is 0 Å². The second kappa shape index (κ2) is 13.0. The van der Waals surface area contributed by atoms with Crippen LogP contribution in [0.1, 0.15) is 67.3 Å². The summed E-state index contributed by atoms with van der Waals surface area (Å²) in [4.78, 5) is 33.9. The van der Waals surface area contributed by atoms with Crippen LogP contribution in [0.4, 0.5) is 5.95 Å². The molecule has 2 aromatic carbocycles. The number of fused-ring (bicyclic) bond motifs is 4. The Morgan fingerprint density at radius 3 is 2.43 bits per heavy atom. The van der Waals surface area contributed by atoms with E-state index < -0.39 is 10.0 Å². The fourth-order valence-electron chi connectivity index (χ4n) is 5.77. The highest BCUT2D eigenvalue weighted by molar-refractivity contribution is 7.92. The van der Waals surface area contributed by atoms with Gasteiger partial charge in [0, 0.05) is 23.2 Å². The van der Waals surface area contributed by atoms with E-state index in [-0.39, 0.29) is 65.3 Å². The van der Waals surface area contributed by atoms with Crippen LogP contribution in [0.2, 0.25) is 0 Å². The quantitative estimate of drug-likeness (QED) is 0.261. The van der Waals surface area contributed by atoms with Gasteiger partial charge in [-0.1, -0.05) is 44.2 Å². The maximum atomic E-state index is 13.8. The summed E-state index contributed by atoms with van der Waals surface area (Å²) in [7, 11) is -4.14. The van der Waals surface area contributed by atoms with Crippen LogP contribution in [0.25, 0.3) is 11.3 Å². The Balaban J connectivity index is 1.40. The van der Waals surface area contributed by atoms with Crippen molar-refractivity contribution in [3.05, 3.63) is 83.4 Å². The normalized spacial score (nSPS) is 18.9. The Labute approximate surface area is 275 Å². The first-order chi connectivity index (χ1) is 22.4. The molecule has 1 saturated carbocycles. The summed E-state index contributed by atoms with van der Waals surface area (Å²) in [6, 6.07) is 13.4. The number of aromatic nitrogens is 4. The standard InChI is InChI=1S/C35H40N6O5S/c1-22(2)14-26-21-45-32-16-29(33-23(3)8-6-9-24(33)4)38-34(39-32)40-47(43,44)28-11-7-10-25(15-28)30(42)19-41(26)20-31-36-17-27(18-37-31)46-35(5)12-13-35/h6-11,15-18,22,26H,12-14,19-21H2,1-5H3,(H,38,39,40)/t26-/m1/s1. The van der Waals surface area contributed by atoms with Gasteiger partial charge in [0.2, 0.25) is 11.8 Å². The Morgan fingerprint density at radius 1 is 1.04 bits per heavy atom. The zero-order chi connectivity index (χ0) is 33.3. The smallest absolute Gasteiger partial charge is 0.264 e. The number of ether oxygens (including phenoxy) is 2. The maximum absolute atomic E-state index is 13.8. The first kappa shape index (κ1) is 32.5. The number of nitrogens with one attached hydrogen (secondary N) is 1.